The van der Waals surface area contributed by atoms with Crippen LogP contribution in [0.25, 0.3) is 22.1 Å². The van der Waals surface area contributed by atoms with E-state index in [2.05, 4.69) is 19.5 Å². The number of aliphatic hydroxyl groups is 1. The monoisotopic (exact) mass is 402 g/mol. The molecule has 3 heterocycles. The van der Waals surface area contributed by atoms with Crippen LogP contribution in [0.4, 0.5) is 0 Å². The Kier molecular flexibility index (Phi) is 5.09. The Morgan fingerprint density at radius 3 is 2.64 bits per heavy atom. The molecule has 8 heteroatoms. The molecule has 0 amide bonds. The molecule has 4 rings (SSSR count). The van der Waals surface area contributed by atoms with Crippen LogP contribution in [0.15, 0.2) is 24.5 Å². The van der Waals surface area contributed by atoms with Gasteiger partial charge in [-0.2, -0.15) is 0 Å². The number of nitrogens with zero attached hydrogens (tertiary/aromatic N) is 4. The van der Waals surface area contributed by atoms with Crippen LogP contribution in [0.3, 0.4) is 0 Å². The Labute approximate surface area is 164 Å². The van der Waals surface area contributed by atoms with Crippen molar-refractivity contribution in [2.24, 2.45) is 5.92 Å². The number of aliphatic hydroxyl groups excluding tert-OH is 1. The first-order valence-electron chi connectivity index (χ1n) is 9.81. The van der Waals surface area contributed by atoms with Gasteiger partial charge in [0.05, 0.1) is 23.0 Å². The van der Waals surface area contributed by atoms with E-state index in [0.29, 0.717) is 11.7 Å². The molecule has 1 aliphatic rings. The molecule has 0 aromatic carbocycles. The molecule has 0 aliphatic heterocycles. The lowest BCUT2D eigenvalue weighted by Crippen LogP contribution is -2.22. The van der Waals surface area contributed by atoms with E-state index in [-0.39, 0.29) is 11.8 Å². The first kappa shape index (κ1) is 19.3. The van der Waals surface area contributed by atoms with Gasteiger partial charge in [0, 0.05) is 18.5 Å². The fraction of sp³-hybridized carbons (Fsp3) is 0.550. The van der Waals surface area contributed by atoms with Crippen LogP contribution in [0.1, 0.15) is 57.0 Å². The molecule has 1 fully saturated rings. The molecule has 28 heavy (non-hydrogen) atoms. The maximum Gasteiger partial charge on any atom is 0.147 e. The van der Waals surface area contributed by atoms with E-state index < -0.39 is 15.9 Å². The summed E-state index contributed by atoms with van der Waals surface area (Å²) in [6, 6.07) is 4.02. The highest BCUT2D eigenvalue weighted by Crippen LogP contribution is 2.38. The van der Waals surface area contributed by atoms with Crippen molar-refractivity contribution < 1.29 is 13.5 Å². The van der Waals surface area contributed by atoms with Crippen molar-refractivity contribution in [3.05, 3.63) is 30.4 Å². The van der Waals surface area contributed by atoms with Crippen LogP contribution < -0.4 is 0 Å². The first-order chi connectivity index (χ1) is 13.3. The molecule has 1 aliphatic carbocycles. The summed E-state index contributed by atoms with van der Waals surface area (Å²) in [6.45, 7) is 1.73. The molecule has 0 radical (unpaired) electrons. The second-order valence-corrected chi connectivity index (χ2v) is 10.2. The molecule has 0 spiro atoms. The lowest BCUT2D eigenvalue weighted by molar-refractivity contribution is 0.174. The molecule has 1 N–H and O–H groups in total. The number of rotatable bonds is 5. The molecule has 7 nitrogen and oxygen atoms in total. The van der Waals surface area contributed by atoms with Crippen molar-refractivity contribution in [3.63, 3.8) is 0 Å². The number of imidazole rings is 1. The van der Waals surface area contributed by atoms with Gasteiger partial charge in [-0.15, -0.1) is 0 Å². The predicted octanol–water partition coefficient (Wildman–Crippen LogP) is 3.20. The summed E-state index contributed by atoms with van der Waals surface area (Å²) >= 11 is 0. The van der Waals surface area contributed by atoms with Gasteiger partial charge in [-0.25, -0.2) is 13.4 Å². The second-order valence-electron chi connectivity index (χ2n) is 7.97. The molecule has 3 aromatic heterocycles. The van der Waals surface area contributed by atoms with Gasteiger partial charge in [-0.05, 0) is 57.1 Å². The third-order valence-corrected chi connectivity index (χ3v) is 6.73. The lowest BCUT2D eigenvalue weighted by atomic mass is 9.84. The van der Waals surface area contributed by atoms with Gasteiger partial charge < -0.3 is 9.67 Å². The van der Waals surface area contributed by atoms with E-state index in [1.54, 1.807) is 19.3 Å². The Morgan fingerprint density at radius 1 is 1.21 bits per heavy atom. The highest BCUT2D eigenvalue weighted by atomic mass is 32.2. The van der Waals surface area contributed by atoms with Gasteiger partial charge in [0.25, 0.3) is 0 Å². The Hall–Kier alpha value is -2.06. The first-order valence-corrected chi connectivity index (χ1v) is 11.9. The minimum Gasteiger partial charge on any atom is -0.385 e. The molecule has 3 aromatic rings. The Morgan fingerprint density at radius 2 is 1.96 bits per heavy atom. The van der Waals surface area contributed by atoms with Crippen LogP contribution in [-0.4, -0.2) is 45.1 Å². The summed E-state index contributed by atoms with van der Waals surface area (Å²) in [6.07, 6.45) is 8.70. The summed E-state index contributed by atoms with van der Waals surface area (Å²) in [7, 11) is -2.91. The van der Waals surface area contributed by atoms with Gasteiger partial charge in [0.2, 0.25) is 0 Å². The van der Waals surface area contributed by atoms with Crippen molar-refractivity contribution in [2.45, 2.75) is 51.2 Å². The predicted molar refractivity (Wildman–Crippen MR) is 109 cm³/mol. The van der Waals surface area contributed by atoms with Gasteiger partial charge in [0.1, 0.15) is 32.8 Å². The fourth-order valence-corrected chi connectivity index (χ4v) is 5.11. The van der Waals surface area contributed by atoms with Gasteiger partial charge in [-0.1, -0.05) is 0 Å². The summed E-state index contributed by atoms with van der Waals surface area (Å²) in [5.41, 5.74) is 3.30. The average Bonchev–Trinajstić information content (AvgIpc) is 3.07. The number of fused-ring (bicyclic) bond motifs is 3. The van der Waals surface area contributed by atoms with E-state index in [9.17, 15) is 13.5 Å². The number of aromatic nitrogens is 4. The van der Waals surface area contributed by atoms with E-state index in [1.807, 2.05) is 12.1 Å². The molecule has 0 saturated heterocycles. The van der Waals surface area contributed by atoms with Crippen molar-refractivity contribution in [2.75, 3.05) is 12.0 Å². The number of sulfone groups is 1. The standard InChI is InChI=1S/C20H26N4O3S/c1-13(25)20-23-17-12-22-16-4-3-10-21-18(16)19(17)24(20)15-7-5-14(6-8-15)9-11-28(2,26)27/h3-4,10,12-15,25H,5-9,11H2,1-2H3. The molecule has 1 saturated carbocycles. The highest BCUT2D eigenvalue weighted by Gasteiger charge is 2.28. The molecule has 1 unspecified atom stereocenters. The van der Waals surface area contributed by atoms with Crippen molar-refractivity contribution in [1.29, 1.82) is 0 Å². The fourth-order valence-electron chi connectivity index (χ4n) is 4.34. The quantitative estimate of drug-likeness (QED) is 0.704. The van der Waals surface area contributed by atoms with Crippen LogP contribution in [0, 0.1) is 5.92 Å². The zero-order valence-corrected chi connectivity index (χ0v) is 17.1. The largest absolute Gasteiger partial charge is 0.385 e. The summed E-state index contributed by atoms with van der Waals surface area (Å²) in [4.78, 5) is 13.6. The molecule has 1 atom stereocenters. The number of hydrogen-bond donors (Lipinski definition) is 1. The van der Waals surface area contributed by atoms with E-state index in [4.69, 9.17) is 0 Å². The molecular formula is C20H26N4O3S. The van der Waals surface area contributed by atoms with E-state index in [1.165, 1.54) is 6.26 Å². The topological polar surface area (TPSA) is 98.0 Å². The van der Waals surface area contributed by atoms with Gasteiger partial charge in [-0.3, -0.25) is 9.97 Å². The Balaban J connectivity index is 1.68. The highest BCUT2D eigenvalue weighted by molar-refractivity contribution is 7.90. The second kappa shape index (κ2) is 7.40. The number of pyridine rings is 2. The van der Waals surface area contributed by atoms with E-state index >= 15 is 0 Å². The third-order valence-electron chi connectivity index (χ3n) is 5.75. The van der Waals surface area contributed by atoms with Crippen LogP contribution >= 0.6 is 0 Å². The zero-order valence-electron chi connectivity index (χ0n) is 16.2. The molecule has 0 bridgehead atoms. The van der Waals surface area contributed by atoms with Crippen LogP contribution in [0.5, 0.6) is 0 Å². The summed E-state index contributed by atoms with van der Waals surface area (Å²) < 4.78 is 25.1. The summed E-state index contributed by atoms with van der Waals surface area (Å²) in [5, 5.41) is 10.3. The maximum atomic E-state index is 11.5. The normalized spacial score (nSPS) is 22.0. The smallest absolute Gasteiger partial charge is 0.147 e. The lowest BCUT2D eigenvalue weighted by Gasteiger charge is -2.31. The molecular weight excluding hydrogens is 376 g/mol. The van der Waals surface area contributed by atoms with Crippen molar-refractivity contribution in [1.82, 2.24) is 19.5 Å². The van der Waals surface area contributed by atoms with E-state index in [0.717, 1.165) is 54.2 Å². The van der Waals surface area contributed by atoms with Gasteiger partial charge >= 0.3 is 0 Å². The summed E-state index contributed by atoms with van der Waals surface area (Å²) in [5.74, 6) is 1.34. The number of hydrogen-bond acceptors (Lipinski definition) is 6. The van der Waals surface area contributed by atoms with Crippen LogP contribution in [0.2, 0.25) is 0 Å². The Bertz CT molecular complexity index is 1100. The average molecular weight is 403 g/mol. The minimum atomic E-state index is -2.91. The van der Waals surface area contributed by atoms with Gasteiger partial charge in [0.15, 0.2) is 0 Å². The van der Waals surface area contributed by atoms with Crippen LogP contribution in [-0.2, 0) is 9.84 Å². The maximum absolute atomic E-state index is 11.5. The minimum absolute atomic E-state index is 0.219. The van der Waals surface area contributed by atoms with Crippen molar-refractivity contribution in [3.8, 4) is 0 Å². The van der Waals surface area contributed by atoms with Crippen molar-refractivity contribution >= 4 is 31.9 Å². The third kappa shape index (κ3) is 3.75. The molecule has 150 valence electrons. The SMILES string of the molecule is CC(O)c1nc2cnc3cccnc3c2n1C1CCC(CCS(C)(=O)=O)CC1. The zero-order chi connectivity index (χ0) is 19.9.